The molecule has 1 aromatic carbocycles. The minimum absolute atomic E-state index is 0.641. The van der Waals surface area contributed by atoms with Gasteiger partial charge in [0.2, 0.25) is 0 Å². The van der Waals surface area contributed by atoms with Crippen molar-refractivity contribution in [1.29, 1.82) is 0 Å². The average Bonchev–Trinajstić information content (AvgIpc) is 2.57. The van der Waals surface area contributed by atoms with E-state index in [4.69, 9.17) is 5.73 Å². The SMILES string of the molecule is Cc1cc(N2CCCSCC2)ccc1CN. The van der Waals surface area contributed by atoms with Gasteiger partial charge in [0.15, 0.2) is 0 Å². The summed E-state index contributed by atoms with van der Waals surface area (Å²) in [7, 11) is 0. The summed E-state index contributed by atoms with van der Waals surface area (Å²) in [4.78, 5) is 2.49. The van der Waals surface area contributed by atoms with Crippen molar-refractivity contribution in [1.82, 2.24) is 0 Å². The van der Waals surface area contributed by atoms with Gasteiger partial charge in [-0.05, 0) is 42.4 Å². The quantitative estimate of drug-likeness (QED) is 0.855. The van der Waals surface area contributed by atoms with E-state index >= 15 is 0 Å². The van der Waals surface area contributed by atoms with E-state index in [9.17, 15) is 0 Å². The third kappa shape index (κ3) is 2.71. The average molecular weight is 236 g/mol. The molecule has 0 atom stereocenters. The summed E-state index contributed by atoms with van der Waals surface area (Å²) in [6.45, 7) is 5.15. The zero-order valence-electron chi connectivity index (χ0n) is 9.91. The van der Waals surface area contributed by atoms with Crippen LogP contribution in [0.15, 0.2) is 18.2 Å². The largest absolute Gasteiger partial charge is 0.371 e. The maximum atomic E-state index is 5.69. The molecule has 0 saturated carbocycles. The fourth-order valence-corrected chi connectivity index (χ4v) is 3.00. The Morgan fingerprint density at radius 1 is 1.31 bits per heavy atom. The van der Waals surface area contributed by atoms with Crippen LogP contribution in [-0.4, -0.2) is 24.6 Å². The predicted octanol–water partition coefficient (Wildman–Crippen LogP) is 2.40. The summed E-state index contributed by atoms with van der Waals surface area (Å²) in [5.41, 5.74) is 9.62. The molecule has 1 heterocycles. The van der Waals surface area contributed by atoms with Crippen molar-refractivity contribution in [3.63, 3.8) is 0 Å². The molecular weight excluding hydrogens is 216 g/mol. The van der Waals surface area contributed by atoms with E-state index in [0.29, 0.717) is 6.54 Å². The van der Waals surface area contributed by atoms with Gasteiger partial charge in [-0.25, -0.2) is 0 Å². The first-order chi connectivity index (χ1) is 7.81. The molecular formula is C13H20N2S. The fourth-order valence-electron chi connectivity index (χ4n) is 2.11. The first-order valence-corrected chi connectivity index (χ1v) is 7.09. The van der Waals surface area contributed by atoms with Crippen LogP contribution in [0.2, 0.25) is 0 Å². The van der Waals surface area contributed by atoms with Crippen LogP contribution in [0.25, 0.3) is 0 Å². The molecule has 2 nitrogen and oxygen atoms in total. The number of anilines is 1. The lowest BCUT2D eigenvalue weighted by molar-refractivity contribution is 0.815. The van der Waals surface area contributed by atoms with Gasteiger partial charge in [0, 0.05) is 31.1 Å². The molecule has 1 saturated heterocycles. The van der Waals surface area contributed by atoms with Crippen LogP contribution in [-0.2, 0) is 6.54 Å². The van der Waals surface area contributed by atoms with Gasteiger partial charge in [-0.1, -0.05) is 6.07 Å². The number of nitrogens with zero attached hydrogens (tertiary/aromatic N) is 1. The van der Waals surface area contributed by atoms with E-state index in [1.165, 1.54) is 47.8 Å². The van der Waals surface area contributed by atoms with Gasteiger partial charge in [0.05, 0.1) is 0 Å². The Hall–Kier alpha value is -0.670. The lowest BCUT2D eigenvalue weighted by atomic mass is 10.1. The summed E-state index contributed by atoms with van der Waals surface area (Å²) < 4.78 is 0. The van der Waals surface area contributed by atoms with Crippen molar-refractivity contribution in [2.75, 3.05) is 29.5 Å². The van der Waals surface area contributed by atoms with Crippen molar-refractivity contribution in [2.24, 2.45) is 5.73 Å². The van der Waals surface area contributed by atoms with Crippen molar-refractivity contribution >= 4 is 17.4 Å². The van der Waals surface area contributed by atoms with Crippen LogP contribution in [0.1, 0.15) is 17.5 Å². The standard InChI is InChI=1S/C13H20N2S/c1-11-9-13(4-3-12(11)10-14)15-5-2-7-16-8-6-15/h3-4,9H,2,5-8,10,14H2,1H3. The first-order valence-electron chi connectivity index (χ1n) is 5.93. The first kappa shape index (κ1) is 11.8. The normalized spacial score (nSPS) is 17.2. The van der Waals surface area contributed by atoms with Crippen molar-refractivity contribution in [3.05, 3.63) is 29.3 Å². The van der Waals surface area contributed by atoms with Gasteiger partial charge >= 0.3 is 0 Å². The fraction of sp³-hybridized carbons (Fsp3) is 0.538. The van der Waals surface area contributed by atoms with E-state index in [-0.39, 0.29) is 0 Å². The number of benzene rings is 1. The summed E-state index contributed by atoms with van der Waals surface area (Å²) in [5, 5.41) is 0. The lowest BCUT2D eigenvalue weighted by Gasteiger charge is -2.23. The topological polar surface area (TPSA) is 29.3 Å². The second kappa shape index (κ2) is 5.60. The number of aryl methyl sites for hydroxylation is 1. The molecule has 2 rings (SSSR count). The molecule has 1 aromatic rings. The predicted molar refractivity (Wildman–Crippen MR) is 73.2 cm³/mol. The smallest absolute Gasteiger partial charge is 0.0369 e. The number of thioether (sulfide) groups is 1. The van der Waals surface area contributed by atoms with Crippen LogP contribution in [0.3, 0.4) is 0 Å². The van der Waals surface area contributed by atoms with E-state index in [0.717, 1.165) is 0 Å². The Bertz CT molecular complexity index is 344. The highest BCUT2D eigenvalue weighted by Crippen LogP contribution is 2.22. The van der Waals surface area contributed by atoms with Crippen LogP contribution < -0.4 is 10.6 Å². The monoisotopic (exact) mass is 236 g/mol. The molecule has 0 aromatic heterocycles. The second-order valence-electron chi connectivity index (χ2n) is 4.27. The third-order valence-electron chi connectivity index (χ3n) is 3.13. The second-order valence-corrected chi connectivity index (χ2v) is 5.49. The van der Waals surface area contributed by atoms with E-state index in [1.54, 1.807) is 0 Å². The summed E-state index contributed by atoms with van der Waals surface area (Å²) >= 11 is 2.06. The van der Waals surface area contributed by atoms with Crippen LogP contribution in [0.4, 0.5) is 5.69 Å². The van der Waals surface area contributed by atoms with E-state index in [2.05, 4.69) is 41.8 Å². The molecule has 88 valence electrons. The Kier molecular flexibility index (Phi) is 4.13. The molecule has 16 heavy (non-hydrogen) atoms. The Labute approximate surface area is 102 Å². The Morgan fingerprint density at radius 3 is 2.94 bits per heavy atom. The van der Waals surface area contributed by atoms with Crippen LogP contribution in [0.5, 0.6) is 0 Å². The highest BCUT2D eigenvalue weighted by Gasteiger charge is 2.10. The number of hydrogen-bond donors (Lipinski definition) is 1. The summed E-state index contributed by atoms with van der Waals surface area (Å²) in [6, 6.07) is 6.66. The number of rotatable bonds is 2. The molecule has 0 radical (unpaired) electrons. The Morgan fingerprint density at radius 2 is 2.19 bits per heavy atom. The molecule has 3 heteroatoms. The van der Waals surface area contributed by atoms with Gasteiger partial charge in [-0.15, -0.1) is 0 Å². The zero-order valence-corrected chi connectivity index (χ0v) is 10.7. The molecule has 2 N–H and O–H groups in total. The zero-order chi connectivity index (χ0) is 11.4. The van der Waals surface area contributed by atoms with Crippen molar-refractivity contribution in [2.45, 2.75) is 19.9 Å². The van der Waals surface area contributed by atoms with Crippen LogP contribution >= 0.6 is 11.8 Å². The molecule has 1 fully saturated rings. The minimum Gasteiger partial charge on any atom is -0.371 e. The number of nitrogens with two attached hydrogens (primary N) is 1. The van der Waals surface area contributed by atoms with Crippen LogP contribution in [0, 0.1) is 6.92 Å². The maximum Gasteiger partial charge on any atom is 0.0369 e. The highest BCUT2D eigenvalue weighted by molar-refractivity contribution is 7.99. The molecule has 0 unspecified atom stereocenters. The Balaban J connectivity index is 2.16. The van der Waals surface area contributed by atoms with Gasteiger partial charge < -0.3 is 10.6 Å². The van der Waals surface area contributed by atoms with Gasteiger partial charge in [0.25, 0.3) is 0 Å². The molecule has 1 aliphatic rings. The molecule has 0 amide bonds. The molecule has 0 aliphatic carbocycles. The van der Waals surface area contributed by atoms with E-state index in [1.807, 2.05) is 0 Å². The third-order valence-corrected chi connectivity index (χ3v) is 4.18. The summed E-state index contributed by atoms with van der Waals surface area (Å²) in [5.74, 6) is 2.55. The number of hydrogen-bond acceptors (Lipinski definition) is 3. The summed E-state index contributed by atoms with van der Waals surface area (Å²) in [6.07, 6.45) is 1.29. The van der Waals surface area contributed by atoms with Gasteiger partial charge in [0.1, 0.15) is 0 Å². The lowest BCUT2D eigenvalue weighted by Crippen LogP contribution is -2.25. The molecule has 0 spiro atoms. The highest BCUT2D eigenvalue weighted by atomic mass is 32.2. The minimum atomic E-state index is 0.641. The van der Waals surface area contributed by atoms with Crippen molar-refractivity contribution in [3.8, 4) is 0 Å². The van der Waals surface area contributed by atoms with Gasteiger partial charge in [-0.3, -0.25) is 0 Å². The maximum absolute atomic E-state index is 5.69. The van der Waals surface area contributed by atoms with Crippen molar-refractivity contribution < 1.29 is 0 Å². The molecule has 1 aliphatic heterocycles. The van der Waals surface area contributed by atoms with E-state index < -0.39 is 0 Å². The molecule has 0 bridgehead atoms. The van der Waals surface area contributed by atoms with Gasteiger partial charge in [-0.2, -0.15) is 11.8 Å².